The summed E-state index contributed by atoms with van der Waals surface area (Å²) in [6.45, 7) is 2.16. The Morgan fingerprint density at radius 2 is 2.08 bits per heavy atom. The standard InChI is InChI=1S/C18H15N3O2S/c1-2-23-17(22)11-24-18-20-10-16(21-18)15-8-7-12(9-19)13-5-3-4-6-14(13)15/h3-8,10H,2,11H2,1H3,(H,20,21). The van der Waals surface area contributed by atoms with Crippen LogP contribution in [0.3, 0.4) is 0 Å². The molecule has 6 heteroatoms. The molecule has 3 aromatic rings. The van der Waals surface area contributed by atoms with Gasteiger partial charge in [0.25, 0.3) is 0 Å². The van der Waals surface area contributed by atoms with Gasteiger partial charge >= 0.3 is 5.97 Å². The Labute approximate surface area is 143 Å². The zero-order valence-corrected chi connectivity index (χ0v) is 13.9. The number of thioether (sulfide) groups is 1. The summed E-state index contributed by atoms with van der Waals surface area (Å²) in [6.07, 6.45) is 1.74. The van der Waals surface area contributed by atoms with Crippen molar-refractivity contribution in [2.75, 3.05) is 12.4 Å². The van der Waals surface area contributed by atoms with E-state index >= 15 is 0 Å². The lowest BCUT2D eigenvalue weighted by Crippen LogP contribution is -2.06. The Hall–Kier alpha value is -2.78. The van der Waals surface area contributed by atoms with Crippen molar-refractivity contribution in [1.82, 2.24) is 9.97 Å². The molecule has 5 nitrogen and oxygen atoms in total. The Morgan fingerprint density at radius 1 is 1.29 bits per heavy atom. The van der Waals surface area contributed by atoms with Gasteiger partial charge in [0, 0.05) is 10.9 Å². The fourth-order valence-corrected chi connectivity index (χ4v) is 3.12. The van der Waals surface area contributed by atoms with E-state index in [1.807, 2.05) is 36.4 Å². The summed E-state index contributed by atoms with van der Waals surface area (Å²) in [5.74, 6) is -0.0428. The minimum atomic E-state index is -0.260. The van der Waals surface area contributed by atoms with Crippen LogP contribution in [0.25, 0.3) is 22.0 Å². The highest BCUT2D eigenvalue weighted by molar-refractivity contribution is 7.99. The maximum absolute atomic E-state index is 11.4. The van der Waals surface area contributed by atoms with Crippen LogP contribution in [-0.2, 0) is 9.53 Å². The van der Waals surface area contributed by atoms with Crippen LogP contribution >= 0.6 is 11.8 Å². The monoisotopic (exact) mass is 337 g/mol. The number of nitrogens with one attached hydrogen (secondary N) is 1. The fourth-order valence-electron chi connectivity index (χ4n) is 2.47. The van der Waals surface area contributed by atoms with Gasteiger partial charge in [-0.1, -0.05) is 42.1 Å². The quantitative estimate of drug-likeness (QED) is 0.566. The number of H-pyrrole nitrogens is 1. The van der Waals surface area contributed by atoms with Crippen LogP contribution in [-0.4, -0.2) is 28.3 Å². The molecule has 24 heavy (non-hydrogen) atoms. The maximum atomic E-state index is 11.4. The second-order valence-electron chi connectivity index (χ2n) is 5.01. The van der Waals surface area contributed by atoms with Crippen molar-refractivity contribution in [2.24, 2.45) is 0 Å². The Kier molecular flexibility index (Phi) is 4.82. The molecule has 1 N–H and O–H groups in total. The first kappa shape index (κ1) is 16.1. The van der Waals surface area contributed by atoms with Crippen molar-refractivity contribution in [3.8, 4) is 17.3 Å². The zero-order chi connectivity index (χ0) is 16.9. The molecule has 0 aliphatic heterocycles. The highest BCUT2D eigenvalue weighted by Crippen LogP contribution is 2.30. The molecular weight excluding hydrogens is 322 g/mol. The van der Waals surface area contributed by atoms with Crippen molar-refractivity contribution in [2.45, 2.75) is 12.1 Å². The highest BCUT2D eigenvalue weighted by Gasteiger charge is 2.11. The van der Waals surface area contributed by atoms with Gasteiger partial charge in [-0.15, -0.1) is 0 Å². The molecule has 0 saturated heterocycles. The number of hydrogen-bond acceptors (Lipinski definition) is 5. The van der Waals surface area contributed by atoms with Crippen LogP contribution in [0.1, 0.15) is 12.5 Å². The zero-order valence-electron chi connectivity index (χ0n) is 13.1. The highest BCUT2D eigenvalue weighted by atomic mass is 32.2. The van der Waals surface area contributed by atoms with Crippen LogP contribution in [0.5, 0.6) is 0 Å². The van der Waals surface area contributed by atoms with Crippen LogP contribution in [0.4, 0.5) is 0 Å². The first-order valence-electron chi connectivity index (χ1n) is 7.48. The predicted octanol–water partition coefficient (Wildman–Crippen LogP) is 3.76. The van der Waals surface area contributed by atoms with Gasteiger partial charge in [0.05, 0.1) is 35.9 Å². The van der Waals surface area contributed by atoms with Crippen molar-refractivity contribution in [3.63, 3.8) is 0 Å². The summed E-state index contributed by atoms with van der Waals surface area (Å²) in [6, 6.07) is 13.7. The van der Waals surface area contributed by atoms with Crippen molar-refractivity contribution < 1.29 is 9.53 Å². The van der Waals surface area contributed by atoms with E-state index in [1.54, 1.807) is 13.1 Å². The number of imidazole rings is 1. The lowest BCUT2D eigenvalue weighted by atomic mass is 9.99. The number of aromatic amines is 1. The normalized spacial score (nSPS) is 10.5. The number of carbonyl (C=O) groups excluding carboxylic acids is 1. The van der Waals surface area contributed by atoms with Crippen LogP contribution in [0, 0.1) is 11.3 Å². The lowest BCUT2D eigenvalue weighted by Gasteiger charge is -2.06. The van der Waals surface area contributed by atoms with Crippen LogP contribution < -0.4 is 0 Å². The van der Waals surface area contributed by atoms with Crippen molar-refractivity contribution in [3.05, 3.63) is 48.2 Å². The number of esters is 1. The number of fused-ring (bicyclic) bond motifs is 1. The second kappa shape index (κ2) is 7.20. The molecule has 0 radical (unpaired) electrons. The molecule has 120 valence electrons. The van der Waals surface area contributed by atoms with E-state index < -0.39 is 0 Å². The third kappa shape index (κ3) is 3.26. The predicted molar refractivity (Wildman–Crippen MR) is 93.6 cm³/mol. The second-order valence-corrected chi connectivity index (χ2v) is 5.98. The van der Waals surface area contributed by atoms with E-state index in [0.29, 0.717) is 17.3 Å². The molecule has 1 heterocycles. The molecule has 0 saturated carbocycles. The average Bonchev–Trinajstić information content (AvgIpc) is 3.08. The fraction of sp³-hybridized carbons (Fsp3) is 0.167. The molecule has 0 amide bonds. The van der Waals surface area contributed by atoms with E-state index in [0.717, 1.165) is 22.0 Å². The van der Waals surface area contributed by atoms with E-state index in [2.05, 4.69) is 16.0 Å². The van der Waals surface area contributed by atoms with Gasteiger partial charge in [0.2, 0.25) is 0 Å². The lowest BCUT2D eigenvalue weighted by molar-refractivity contribution is -0.139. The van der Waals surface area contributed by atoms with E-state index in [1.165, 1.54) is 11.8 Å². The molecule has 1 aromatic heterocycles. The molecule has 0 aliphatic rings. The summed E-state index contributed by atoms with van der Waals surface area (Å²) >= 11 is 1.30. The van der Waals surface area contributed by atoms with Gasteiger partial charge in [-0.3, -0.25) is 4.79 Å². The first-order valence-corrected chi connectivity index (χ1v) is 8.47. The SMILES string of the molecule is CCOC(=O)CSc1ncc(-c2ccc(C#N)c3ccccc23)[nH]1. The Balaban J connectivity index is 1.90. The van der Waals surface area contributed by atoms with Gasteiger partial charge in [-0.05, 0) is 18.4 Å². The number of nitrogens with zero attached hydrogens (tertiary/aromatic N) is 2. The molecule has 0 atom stereocenters. The summed E-state index contributed by atoms with van der Waals surface area (Å²) in [5.41, 5.74) is 2.47. The van der Waals surface area contributed by atoms with Crippen LogP contribution in [0.2, 0.25) is 0 Å². The number of carbonyl (C=O) groups is 1. The molecular formula is C18H15N3O2S. The molecule has 2 aromatic carbocycles. The number of hydrogen-bond donors (Lipinski definition) is 1. The summed E-state index contributed by atoms with van der Waals surface area (Å²) in [5, 5.41) is 11.8. The van der Waals surface area contributed by atoms with Crippen LogP contribution in [0.15, 0.2) is 47.8 Å². The number of aromatic nitrogens is 2. The van der Waals surface area contributed by atoms with Crippen molar-refractivity contribution in [1.29, 1.82) is 5.26 Å². The number of rotatable bonds is 5. The third-order valence-electron chi connectivity index (χ3n) is 3.52. The first-order chi connectivity index (χ1) is 11.7. The Bertz CT molecular complexity index is 927. The molecule has 0 unspecified atom stereocenters. The molecule has 3 rings (SSSR count). The minimum Gasteiger partial charge on any atom is -0.465 e. The summed E-state index contributed by atoms with van der Waals surface area (Å²) in [4.78, 5) is 18.9. The molecule has 0 fully saturated rings. The molecule has 0 bridgehead atoms. The van der Waals surface area contributed by atoms with Gasteiger partial charge in [0.1, 0.15) is 0 Å². The maximum Gasteiger partial charge on any atom is 0.316 e. The molecule has 0 aliphatic carbocycles. The summed E-state index contributed by atoms with van der Waals surface area (Å²) in [7, 11) is 0. The molecule has 0 spiro atoms. The number of ether oxygens (including phenoxy) is 1. The topological polar surface area (TPSA) is 78.8 Å². The third-order valence-corrected chi connectivity index (χ3v) is 4.38. The number of nitriles is 1. The largest absolute Gasteiger partial charge is 0.465 e. The van der Waals surface area contributed by atoms with Crippen molar-refractivity contribution >= 4 is 28.5 Å². The Morgan fingerprint density at radius 3 is 2.83 bits per heavy atom. The summed E-state index contributed by atoms with van der Waals surface area (Å²) < 4.78 is 4.91. The van der Waals surface area contributed by atoms with E-state index in [9.17, 15) is 10.1 Å². The van der Waals surface area contributed by atoms with Gasteiger partial charge < -0.3 is 9.72 Å². The van der Waals surface area contributed by atoms with Gasteiger partial charge in [0.15, 0.2) is 5.16 Å². The smallest absolute Gasteiger partial charge is 0.316 e. The number of benzene rings is 2. The minimum absolute atomic E-state index is 0.217. The van der Waals surface area contributed by atoms with Gasteiger partial charge in [-0.25, -0.2) is 4.98 Å². The van der Waals surface area contributed by atoms with E-state index in [4.69, 9.17) is 4.74 Å². The average molecular weight is 337 g/mol. The van der Waals surface area contributed by atoms with E-state index in [-0.39, 0.29) is 11.7 Å². The van der Waals surface area contributed by atoms with Gasteiger partial charge in [-0.2, -0.15) is 5.26 Å².